The zero-order valence-corrected chi connectivity index (χ0v) is 15.8. The topological polar surface area (TPSA) is 47.5 Å². The van der Waals surface area contributed by atoms with Crippen LogP contribution < -0.4 is 10.1 Å². The lowest BCUT2D eigenvalue weighted by Gasteiger charge is -2.02. The second kappa shape index (κ2) is 6.08. The van der Waals surface area contributed by atoms with Crippen molar-refractivity contribution in [1.82, 2.24) is 9.38 Å². The zero-order valence-electron chi connectivity index (χ0n) is 14.3. The molecule has 0 unspecified atom stereocenters. The number of nitrogens with zero attached hydrogens (tertiary/aromatic N) is 2. The monoisotopic (exact) mass is 392 g/mol. The number of thiazole rings is 1. The van der Waals surface area contributed by atoms with Gasteiger partial charge in [0.1, 0.15) is 16.1 Å². The van der Waals surface area contributed by atoms with Gasteiger partial charge < -0.3 is 4.42 Å². The van der Waals surface area contributed by atoms with Crippen molar-refractivity contribution in [3.8, 4) is 11.3 Å². The molecule has 0 saturated heterocycles. The molecule has 3 aromatic heterocycles. The van der Waals surface area contributed by atoms with E-state index >= 15 is 0 Å². The van der Waals surface area contributed by atoms with Crippen molar-refractivity contribution in [2.75, 3.05) is 0 Å². The fraction of sp³-hybridized carbons (Fsp3) is 0.0476. The van der Waals surface area contributed by atoms with Crippen LogP contribution in [0.15, 0.2) is 63.8 Å². The molecule has 0 N–H and O–H groups in total. The number of halogens is 1. The molecule has 4 nitrogen and oxygen atoms in total. The van der Waals surface area contributed by atoms with Crippen LogP contribution in [0.2, 0.25) is 5.02 Å². The molecule has 0 saturated carbocycles. The first-order valence-electron chi connectivity index (χ1n) is 8.38. The molecule has 5 aromatic rings. The molecular weight excluding hydrogens is 380 g/mol. The minimum Gasteiger partial charge on any atom is -0.457 e. The van der Waals surface area contributed by atoms with Crippen molar-refractivity contribution in [3.63, 3.8) is 0 Å². The van der Waals surface area contributed by atoms with E-state index in [1.165, 1.54) is 11.3 Å². The van der Waals surface area contributed by atoms with Crippen LogP contribution in [0.25, 0.3) is 33.4 Å². The van der Waals surface area contributed by atoms with Gasteiger partial charge in [-0.05, 0) is 48.9 Å². The fourth-order valence-electron chi connectivity index (χ4n) is 3.18. The van der Waals surface area contributed by atoms with Crippen LogP contribution in [-0.4, -0.2) is 9.38 Å². The van der Waals surface area contributed by atoms with Gasteiger partial charge in [0, 0.05) is 16.7 Å². The van der Waals surface area contributed by atoms with Crippen LogP contribution in [0.5, 0.6) is 0 Å². The van der Waals surface area contributed by atoms with Crippen molar-refractivity contribution < 1.29 is 4.42 Å². The van der Waals surface area contributed by atoms with Crippen LogP contribution in [0.1, 0.15) is 11.3 Å². The summed E-state index contributed by atoms with van der Waals surface area (Å²) in [5.41, 5.74) is 3.58. The molecular formula is C21H13ClN2O2S. The third-order valence-corrected chi connectivity index (χ3v) is 5.71. The van der Waals surface area contributed by atoms with Crippen LogP contribution >= 0.6 is 22.9 Å². The van der Waals surface area contributed by atoms with E-state index in [4.69, 9.17) is 16.0 Å². The first-order chi connectivity index (χ1) is 13.1. The molecule has 6 heteroatoms. The Bertz CT molecular complexity index is 1430. The number of para-hydroxylation sites is 2. The van der Waals surface area contributed by atoms with Gasteiger partial charge in [0.15, 0.2) is 4.96 Å². The quantitative estimate of drug-likeness (QED) is 0.438. The summed E-state index contributed by atoms with van der Waals surface area (Å²) in [7, 11) is 0. The number of aromatic nitrogens is 2. The highest BCUT2D eigenvalue weighted by Crippen LogP contribution is 2.28. The van der Waals surface area contributed by atoms with E-state index in [2.05, 4.69) is 4.98 Å². The molecule has 3 heterocycles. The number of furan rings is 1. The molecule has 0 radical (unpaired) electrons. The van der Waals surface area contributed by atoms with Gasteiger partial charge in [0.05, 0.1) is 11.0 Å². The Morgan fingerprint density at radius 1 is 1.15 bits per heavy atom. The standard InChI is InChI=1S/C21H13ClN2O2S/c1-12-6-7-13(22)10-15(12)18-9-8-14(26-18)11-19-20(25)24-17-5-3-2-4-16(17)23-21(24)27-19/h2-11H,1H3/b19-11-. The van der Waals surface area contributed by atoms with E-state index in [0.29, 0.717) is 20.3 Å². The molecule has 0 atom stereocenters. The van der Waals surface area contributed by atoms with Gasteiger partial charge in [-0.25, -0.2) is 9.38 Å². The summed E-state index contributed by atoms with van der Waals surface area (Å²) in [4.78, 5) is 18.0. The van der Waals surface area contributed by atoms with Crippen molar-refractivity contribution in [2.24, 2.45) is 0 Å². The Hall–Kier alpha value is -2.89. The molecule has 0 aliphatic carbocycles. The molecule has 132 valence electrons. The van der Waals surface area contributed by atoms with Crippen molar-refractivity contribution in [2.45, 2.75) is 6.92 Å². The van der Waals surface area contributed by atoms with E-state index in [1.54, 1.807) is 10.5 Å². The predicted molar refractivity (Wildman–Crippen MR) is 110 cm³/mol. The molecule has 0 fully saturated rings. The predicted octanol–water partition coefficient (Wildman–Crippen LogP) is 4.68. The average Bonchev–Trinajstić information content (AvgIpc) is 3.33. The zero-order chi connectivity index (χ0) is 18.5. The maximum absolute atomic E-state index is 12.8. The number of hydrogen-bond acceptors (Lipinski definition) is 4. The Labute approximate surface area is 163 Å². The Kier molecular flexibility index (Phi) is 3.67. The van der Waals surface area contributed by atoms with Gasteiger partial charge in [0.2, 0.25) is 0 Å². The number of fused-ring (bicyclic) bond motifs is 3. The Balaban J connectivity index is 1.63. The van der Waals surface area contributed by atoms with E-state index in [9.17, 15) is 4.79 Å². The molecule has 0 aliphatic heterocycles. The van der Waals surface area contributed by atoms with Gasteiger partial charge in [-0.2, -0.15) is 0 Å². The second-order valence-electron chi connectivity index (χ2n) is 6.30. The minimum atomic E-state index is -0.0828. The van der Waals surface area contributed by atoms with Gasteiger partial charge in [-0.1, -0.05) is 41.1 Å². The highest BCUT2D eigenvalue weighted by Gasteiger charge is 2.12. The number of rotatable bonds is 2. The lowest BCUT2D eigenvalue weighted by atomic mass is 10.1. The average molecular weight is 393 g/mol. The van der Waals surface area contributed by atoms with E-state index in [0.717, 1.165) is 27.9 Å². The van der Waals surface area contributed by atoms with Crippen molar-refractivity contribution in [3.05, 3.63) is 85.8 Å². The maximum atomic E-state index is 12.8. The Morgan fingerprint density at radius 3 is 2.89 bits per heavy atom. The first-order valence-corrected chi connectivity index (χ1v) is 9.58. The molecule has 27 heavy (non-hydrogen) atoms. The third-order valence-electron chi connectivity index (χ3n) is 4.51. The van der Waals surface area contributed by atoms with Crippen molar-refractivity contribution >= 4 is 45.0 Å². The SMILES string of the molecule is Cc1ccc(Cl)cc1-c1ccc(/C=c2\sc3nc4ccccc4n3c2=O)o1. The van der Waals surface area contributed by atoms with Gasteiger partial charge >= 0.3 is 0 Å². The van der Waals surface area contributed by atoms with Crippen LogP contribution in [-0.2, 0) is 0 Å². The maximum Gasteiger partial charge on any atom is 0.275 e. The second-order valence-corrected chi connectivity index (χ2v) is 7.74. The molecule has 0 aliphatic rings. The summed E-state index contributed by atoms with van der Waals surface area (Å²) in [5, 5.41) is 0.658. The summed E-state index contributed by atoms with van der Waals surface area (Å²) in [5.74, 6) is 1.34. The normalized spacial score (nSPS) is 12.4. The lowest BCUT2D eigenvalue weighted by Crippen LogP contribution is -2.22. The smallest absolute Gasteiger partial charge is 0.275 e. The van der Waals surface area contributed by atoms with Crippen LogP contribution in [0, 0.1) is 6.92 Å². The summed E-state index contributed by atoms with van der Waals surface area (Å²) in [6.45, 7) is 2.01. The number of benzene rings is 2. The number of imidazole rings is 1. The van der Waals surface area contributed by atoms with Crippen LogP contribution in [0.4, 0.5) is 0 Å². The van der Waals surface area contributed by atoms with E-state index in [1.807, 2.05) is 61.5 Å². The highest BCUT2D eigenvalue weighted by atomic mass is 35.5. The molecule has 0 amide bonds. The van der Waals surface area contributed by atoms with Gasteiger partial charge in [0.25, 0.3) is 5.56 Å². The third kappa shape index (κ3) is 2.67. The summed E-state index contributed by atoms with van der Waals surface area (Å²) in [6, 6.07) is 17.1. The molecule has 2 aromatic carbocycles. The number of hydrogen-bond donors (Lipinski definition) is 0. The van der Waals surface area contributed by atoms with Crippen molar-refractivity contribution in [1.29, 1.82) is 0 Å². The Morgan fingerprint density at radius 2 is 2.00 bits per heavy atom. The summed E-state index contributed by atoms with van der Waals surface area (Å²) >= 11 is 7.46. The van der Waals surface area contributed by atoms with Gasteiger partial charge in [-0.15, -0.1) is 0 Å². The highest BCUT2D eigenvalue weighted by molar-refractivity contribution is 7.15. The number of aryl methyl sites for hydroxylation is 1. The molecule has 0 bridgehead atoms. The lowest BCUT2D eigenvalue weighted by molar-refractivity contribution is 0.571. The summed E-state index contributed by atoms with van der Waals surface area (Å²) < 4.78 is 8.19. The van der Waals surface area contributed by atoms with Crippen LogP contribution in [0.3, 0.4) is 0 Å². The fourth-order valence-corrected chi connectivity index (χ4v) is 4.32. The van der Waals surface area contributed by atoms with Gasteiger partial charge in [-0.3, -0.25) is 4.79 Å². The first kappa shape index (κ1) is 16.3. The van der Waals surface area contributed by atoms with E-state index < -0.39 is 0 Å². The molecule has 5 rings (SSSR count). The minimum absolute atomic E-state index is 0.0828. The molecule has 0 spiro atoms. The van der Waals surface area contributed by atoms with E-state index in [-0.39, 0.29) is 5.56 Å². The largest absolute Gasteiger partial charge is 0.457 e. The summed E-state index contributed by atoms with van der Waals surface area (Å²) in [6.07, 6.45) is 1.76.